The molecule has 4 rings (SSSR count). The van der Waals surface area contributed by atoms with Crippen LogP contribution in [0.1, 0.15) is 43.1 Å². The summed E-state index contributed by atoms with van der Waals surface area (Å²) >= 11 is 0. The van der Waals surface area contributed by atoms with Crippen molar-refractivity contribution < 1.29 is 23.5 Å². The van der Waals surface area contributed by atoms with E-state index in [9.17, 15) is 18.8 Å². The van der Waals surface area contributed by atoms with E-state index in [0.717, 1.165) is 11.1 Å². The van der Waals surface area contributed by atoms with Crippen LogP contribution < -0.4 is 21.3 Å². The normalized spacial score (nSPS) is 10.8. The molecule has 10 nitrogen and oxygen atoms in total. The van der Waals surface area contributed by atoms with E-state index in [-0.39, 0.29) is 41.2 Å². The van der Waals surface area contributed by atoms with Gasteiger partial charge in [0.25, 0.3) is 11.5 Å². The predicted molar refractivity (Wildman–Crippen MR) is 141 cm³/mol. The zero-order chi connectivity index (χ0) is 27.9. The van der Waals surface area contributed by atoms with Crippen molar-refractivity contribution in [1.82, 2.24) is 19.7 Å². The van der Waals surface area contributed by atoms with Crippen LogP contribution in [0.5, 0.6) is 5.75 Å². The monoisotopic (exact) mass is 533 g/mol. The number of nitrogens with two attached hydrogens (primary N) is 1. The maximum atomic E-state index is 14.8. The fraction of sp³-hybridized carbons (Fsp3) is 0.214. The molecule has 2 aromatic heterocycles. The molecule has 0 saturated carbocycles. The largest absolute Gasteiger partial charge is 0.494 e. The Balaban J connectivity index is 1.49. The van der Waals surface area contributed by atoms with Gasteiger partial charge in [0.2, 0.25) is 5.91 Å². The third-order valence-corrected chi connectivity index (χ3v) is 6.10. The Morgan fingerprint density at radius 1 is 1.00 bits per heavy atom. The molecule has 2 heterocycles. The van der Waals surface area contributed by atoms with Crippen molar-refractivity contribution in [2.24, 2.45) is 5.73 Å². The first-order chi connectivity index (χ1) is 18.8. The molecule has 0 aliphatic heterocycles. The smallest absolute Gasteiger partial charge is 0.255 e. The summed E-state index contributed by atoms with van der Waals surface area (Å²) in [7, 11) is 2.79. The number of halogens is 1. The lowest BCUT2D eigenvalue weighted by Crippen LogP contribution is -2.26. The first kappa shape index (κ1) is 27.3. The average molecular weight is 534 g/mol. The van der Waals surface area contributed by atoms with Gasteiger partial charge < -0.3 is 25.1 Å². The fourth-order valence-electron chi connectivity index (χ4n) is 4.13. The van der Waals surface area contributed by atoms with Gasteiger partial charge in [0.1, 0.15) is 5.69 Å². The summed E-state index contributed by atoms with van der Waals surface area (Å²) in [5.41, 5.74) is 7.73. The molecule has 0 unspecified atom stereocenters. The third kappa shape index (κ3) is 6.39. The van der Waals surface area contributed by atoms with Crippen LogP contribution in [0.15, 0.2) is 71.8 Å². The van der Waals surface area contributed by atoms with Gasteiger partial charge in [0.15, 0.2) is 11.6 Å². The number of methoxy groups -OCH3 is 2. The number of ether oxygens (including phenoxy) is 2. The van der Waals surface area contributed by atoms with E-state index in [4.69, 9.17) is 15.2 Å². The Bertz CT molecular complexity index is 1540. The molecule has 0 fully saturated rings. The molecule has 0 aliphatic rings. The number of aromatic nitrogens is 3. The summed E-state index contributed by atoms with van der Waals surface area (Å²) in [5.74, 6) is -2.19. The van der Waals surface area contributed by atoms with E-state index in [2.05, 4.69) is 10.4 Å². The van der Waals surface area contributed by atoms with Gasteiger partial charge in [-0.25, -0.2) is 4.39 Å². The second-order valence-electron chi connectivity index (χ2n) is 8.76. The lowest BCUT2D eigenvalue weighted by atomic mass is 10.1. The zero-order valence-corrected chi connectivity index (χ0v) is 21.5. The highest BCUT2D eigenvalue weighted by atomic mass is 19.1. The molecule has 39 heavy (non-hydrogen) atoms. The summed E-state index contributed by atoms with van der Waals surface area (Å²) < 4.78 is 28.2. The van der Waals surface area contributed by atoms with Gasteiger partial charge in [-0.3, -0.25) is 19.1 Å². The topological polar surface area (TPSA) is 130 Å². The van der Waals surface area contributed by atoms with Gasteiger partial charge in [0.05, 0.1) is 32.4 Å². The Hall–Kier alpha value is -4.77. The molecule has 2 aromatic carbocycles. The van der Waals surface area contributed by atoms with Crippen molar-refractivity contribution in [3.8, 4) is 5.75 Å². The third-order valence-electron chi connectivity index (χ3n) is 6.10. The lowest BCUT2D eigenvalue weighted by molar-refractivity contribution is 0.0940. The molecule has 11 heteroatoms. The van der Waals surface area contributed by atoms with Gasteiger partial charge in [-0.05, 0) is 29.3 Å². The Kier molecular flexibility index (Phi) is 8.52. The molecule has 2 amide bonds. The first-order valence-corrected chi connectivity index (χ1v) is 12.0. The van der Waals surface area contributed by atoms with E-state index in [1.165, 1.54) is 32.4 Å². The number of hydrogen-bond donors (Lipinski definition) is 2. The molecule has 0 saturated heterocycles. The van der Waals surface area contributed by atoms with Crippen molar-refractivity contribution >= 4 is 11.8 Å². The van der Waals surface area contributed by atoms with Crippen LogP contribution in [0.3, 0.4) is 0 Å². The number of amides is 2. The number of nitrogens with zero attached hydrogens (tertiary/aromatic N) is 3. The van der Waals surface area contributed by atoms with E-state index in [1.807, 2.05) is 30.3 Å². The molecule has 4 aromatic rings. The van der Waals surface area contributed by atoms with E-state index in [0.29, 0.717) is 18.8 Å². The molecule has 0 atom stereocenters. The molecular formula is C28H28FN5O5. The Morgan fingerprint density at radius 3 is 2.36 bits per heavy atom. The van der Waals surface area contributed by atoms with Crippen LogP contribution in [0.2, 0.25) is 0 Å². The number of pyridine rings is 1. The minimum Gasteiger partial charge on any atom is -0.494 e. The molecule has 3 N–H and O–H groups in total. The number of nitrogens with one attached hydrogen (secondary N) is 1. The number of benzene rings is 2. The van der Waals surface area contributed by atoms with Crippen molar-refractivity contribution in [2.45, 2.75) is 26.2 Å². The van der Waals surface area contributed by atoms with E-state index < -0.39 is 17.6 Å². The number of primary amides is 1. The van der Waals surface area contributed by atoms with Gasteiger partial charge in [-0.1, -0.05) is 30.3 Å². The second kappa shape index (κ2) is 12.2. The van der Waals surface area contributed by atoms with Crippen LogP contribution in [0, 0.1) is 5.82 Å². The minimum atomic E-state index is -0.824. The summed E-state index contributed by atoms with van der Waals surface area (Å²) in [6.45, 7) is 0.631. The molecule has 0 aliphatic carbocycles. The van der Waals surface area contributed by atoms with Crippen LogP contribution in [0.4, 0.5) is 4.39 Å². The summed E-state index contributed by atoms with van der Waals surface area (Å²) in [6.07, 6.45) is 3.32. The first-order valence-electron chi connectivity index (χ1n) is 12.0. The minimum absolute atomic E-state index is 0.0537. The molecule has 0 radical (unpaired) electrons. The highest BCUT2D eigenvalue weighted by Gasteiger charge is 2.21. The number of carbonyl (C=O) groups excluding carboxylic acids is 2. The molecule has 0 spiro atoms. The highest BCUT2D eigenvalue weighted by Crippen LogP contribution is 2.24. The van der Waals surface area contributed by atoms with E-state index >= 15 is 0 Å². The van der Waals surface area contributed by atoms with Gasteiger partial charge in [0, 0.05) is 43.2 Å². The number of hydrogen-bond acceptors (Lipinski definition) is 6. The van der Waals surface area contributed by atoms with Crippen molar-refractivity contribution in [3.05, 3.63) is 117 Å². The molecule has 0 bridgehead atoms. The SMILES string of the molecule is COCc1nn(Cc2ccc(Cn3ccccc3=O)cc2)cc1C(=O)NCc1c(C(N)=O)ccc(OC)c1F. The number of carbonyl (C=O) groups is 2. The van der Waals surface area contributed by atoms with Crippen molar-refractivity contribution in [1.29, 1.82) is 0 Å². The highest BCUT2D eigenvalue weighted by molar-refractivity contribution is 5.96. The predicted octanol–water partition coefficient (Wildman–Crippen LogP) is 2.46. The zero-order valence-electron chi connectivity index (χ0n) is 21.5. The van der Waals surface area contributed by atoms with Gasteiger partial charge >= 0.3 is 0 Å². The molecular weight excluding hydrogens is 505 g/mol. The molecule has 202 valence electrons. The number of rotatable bonds is 11. The maximum Gasteiger partial charge on any atom is 0.255 e. The van der Waals surface area contributed by atoms with E-state index in [1.54, 1.807) is 27.7 Å². The summed E-state index contributed by atoms with van der Waals surface area (Å²) in [6, 6.07) is 15.4. The van der Waals surface area contributed by atoms with Crippen LogP contribution in [0.25, 0.3) is 0 Å². The van der Waals surface area contributed by atoms with Crippen LogP contribution in [-0.2, 0) is 31.0 Å². The van der Waals surface area contributed by atoms with Crippen LogP contribution in [-0.4, -0.2) is 40.4 Å². The average Bonchev–Trinajstić information content (AvgIpc) is 3.32. The second-order valence-corrected chi connectivity index (χ2v) is 8.76. The maximum absolute atomic E-state index is 14.8. The Labute approximate surface area is 223 Å². The van der Waals surface area contributed by atoms with Crippen molar-refractivity contribution in [3.63, 3.8) is 0 Å². The summed E-state index contributed by atoms with van der Waals surface area (Å²) in [5, 5.41) is 7.12. The van der Waals surface area contributed by atoms with Crippen LogP contribution >= 0.6 is 0 Å². The fourth-order valence-corrected chi connectivity index (χ4v) is 4.13. The quantitative estimate of drug-likeness (QED) is 0.305. The summed E-state index contributed by atoms with van der Waals surface area (Å²) in [4.78, 5) is 36.8. The van der Waals surface area contributed by atoms with Crippen molar-refractivity contribution in [2.75, 3.05) is 14.2 Å². The van der Waals surface area contributed by atoms with Gasteiger partial charge in [-0.15, -0.1) is 0 Å². The lowest BCUT2D eigenvalue weighted by Gasteiger charge is -2.12. The Morgan fingerprint density at radius 2 is 1.72 bits per heavy atom. The standard InChI is InChI=1S/C28H28FN5O5/c1-38-17-23-22(28(37)31-13-21-20(27(30)36)10-11-24(39-2)26(21)29)16-34(32-23)15-19-8-6-18(7-9-19)14-33-12-4-3-5-25(33)35/h3-12,16H,13-15,17H2,1-2H3,(H2,30,36)(H,31,37). The van der Waals surface area contributed by atoms with Gasteiger partial charge in [-0.2, -0.15) is 5.10 Å².